The third-order valence-electron chi connectivity index (χ3n) is 3.99. The summed E-state index contributed by atoms with van der Waals surface area (Å²) >= 11 is 0. The van der Waals surface area contributed by atoms with Gasteiger partial charge in [-0.1, -0.05) is 6.07 Å². The number of methoxy groups -OCH3 is 1. The van der Waals surface area contributed by atoms with Crippen molar-refractivity contribution in [1.29, 1.82) is 0 Å². The minimum absolute atomic E-state index is 0.505. The maximum absolute atomic E-state index is 5.38. The molecule has 0 aliphatic carbocycles. The van der Waals surface area contributed by atoms with Crippen molar-refractivity contribution in [3.63, 3.8) is 0 Å². The number of ether oxygens (including phenoxy) is 2. The van der Waals surface area contributed by atoms with E-state index >= 15 is 0 Å². The summed E-state index contributed by atoms with van der Waals surface area (Å²) in [5, 5.41) is 14.5. The van der Waals surface area contributed by atoms with Crippen LogP contribution in [0, 0.1) is 6.92 Å². The molecule has 0 unspecified atom stereocenters. The summed E-state index contributed by atoms with van der Waals surface area (Å²) in [6.45, 7) is 7.26. The first-order valence-corrected chi connectivity index (χ1v) is 8.40. The lowest BCUT2D eigenvalue weighted by Crippen LogP contribution is -2.39. The Kier molecular flexibility index (Phi) is 5.97. The van der Waals surface area contributed by atoms with Crippen molar-refractivity contribution in [1.82, 2.24) is 20.1 Å². The Balaban J connectivity index is 1.58. The van der Waals surface area contributed by atoms with Gasteiger partial charge >= 0.3 is 0 Å². The van der Waals surface area contributed by atoms with E-state index in [0.29, 0.717) is 11.8 Å². The Morgan fingerprint density at radius 3 is 2.92 bits per heavy atom. The van der Waals surface area contributed by atoms with Crippen molar-refractivity contribution in [2.75, 3.05) is 57.1 Å². The molecule has 8 nitrogen and oxygen atoms in total. The summed E-state index contributed by atoms with van der Waals surface area (Å²) in [7, 11) is 1.65. The minimum atomic E-state index is 0.505. The second-order valence-corrected chi connectivity index (χ2v) is 5.87. The maximum atomic E-state index is 5.38. The zero-order valence-electron chi connectivity index (χ0n) is 14.7. The number of hydrogen-bond acceptors (Lipinski definition) is 8. The molecule has 0 spiro atoms. The first-order chi connectivity index (χ1) is 12.2. The zero-order chi connectivity index (χ0) is 17.5. The molecule has 2 aromatic rings. The largest absolute Gasteiger partial charge is 0.495 e. The molecule has 0 saturated carbocycles. The van der Waals surface area contributed by atoms with Gasteiger partial charge in [-0.2, -0.15) is 10.1 Å². The highest BCUT2D eigenvalue weighted by Crippen LogP contribution is 2.27. The van der Waals surface area contributed by atoms with Crippen molar-refractivity contribution in [3.8, 4) is 5.75 Å². The fourth-order valence-electron chi connectivity index (χ4n) is 2.65. The van der Waals surface area contributed by atoms with Crippen LogP contribution in [-0.2, 0) is 4.74 Å². The van der Waals surface area contributed by atoms with E-state index in [4.69, 9.17) is 9.47 Å². The maximum Gasteiger partial charge on any atom is 0.244 e. The summed E-state index contributed by atoms with van der Waals surface area (Å²) in [6.07, 6.45) is 1.59. The molecule has 134 valence electrons. The van der Waals surface area contributed by atoms with E-state index in [1.807, 2.05) is 25.1 Å². The van der Waals surface area contributed by atoms with Crippen molar-refractivity contribution in [2.24, 2.45) is 0 Å². The van der Waals surface area contributed by atoms with Crippen LogP contribution < -0.4 is 15.4 Å². The predicted molar refractivity (Wildman–Crippen MR) is 96.6 cm³/mol. The Morgan fingerprint density at radius 1 is 1.28 bits per heavy atom. The molecule has 1 aromatic heterocycles. The normalized spacial score (nSPS) is 15.0. The van der Waals surface area contributed by atoms with Crippen LogP contribution in [0.4, 0.5) is 17.5 Å². The summed E-state index contributed by atoms with van der Waals surface area (Å²) in [6, 6.07) is 5.93. The first-order valence-electron chi connectivity index (χ1n) is 8.40. The van der Waals surface area contributed by atoms with Crippen LogP contribution in [0.2, 0.25) is 0 Å². The molecule has 2 heterocycles. The van der Waals surface area contributed by atoms with Crippen LogP contribution in [0.3, 0.4) is 0 Å². The van der Waals surface area contributed by atoms with Gasteiger partial charge in [0.2, 0.25) is 5.95 Å². The molecule has 25 heavy (non-hydrogen) atoms. The van der Waals surface area contributed by atoms with Gasteiger partial charge in [0.05, 0.1) is 32.2 Å². The highest BCUT2D eigenvalue weighted by atomic mass is 16.5. The average Bonchev–Trinajstić information content (AvgIpc) is 2.63. The molecule has 1 saturated heterocycles. The van der Waals surface area contributed by atoms with E-state index in [2.05, 4.69) is 30.7 Å². The third-order valence-corrected chi connectivity index (χ3v) is 3.99. The number of aryl methyl sites for hydroxylation is 1. The molecule has 0 atom stereocenters. The van der Waals surface area contributed by atoms with Crippen molar-refractivity contribution < 1.29 is 9.47 Å². The van der Waals surface area contributed by atoms with Crippen LogP contribution in [0.25, 0.3) is 0 Å². The van der Waals surface area contributed by atoms with Gasteiger partial charge in [-0.05, 0) is 24.6 Å². The second kappa shape index (κ2) is 8.59. The van der Waals surface area contributed by atoms with Crippen molar-refractivity contribution >= 4 is 17.5 Å². The van der Waals surface area contributed by atoms with Gasteiger partial charge in [0.15, 0.2) is 5.82 Å². The standard InChI is InChI=1S/C17H24N6O2/c1-13-3-4-15(24-2)14(11-13)20-16-12-19-22-17(21-16)18-5-6-23-7-9-25-10-8-23/h3-4,11-12H,5-10H2,1-2H3,(H2,18,20,21,22). The number of morpholine rings is 1. The third kappa shape index (κ3) is 5.01. The lowest BCUT2D eigenvalue weighted by Gasteiger charge is -2.26. The second-order valence-electron chi connectivity index (χ2n) is 5.87. The van der Waals surface area contributed by atoms with Crippen LogP contribution in [0.15, 0.2) is 24.4 Å². The Hall–Kier alpha value is -2.45. The van der Waals surface area contributed by atoms with Gasteiger partial charge in [-0.15, -0.1) is 5.10 Å². The molecule has 3 rings (SSSR count). The van der Waals surface area contributed by atoms with E-state index in [-0.39, 0.29) is 0 Å². The van der Waals surface area contributed by atoms with Gasteiger partial charge < -0.3 is 20.1 Å². The minimum Gasteiger partial charge on any atom is -0.495 e. The average molecular weight is 344 g/mol. The topological polar surface area (TPSA) is 84.4 Å². The predicted octanol–water partition coefficient (Wildman–Crippen LogP) is 1.68. The SMILES string of the molecule is COc1ccc(C)cc1Nc1cnnc(NCCN2CCOCC2)n1. The van der Waals surface area contributed by atoms with Crippen LogP contribution >= 0.6 is 0 Å². The quantitative estimate of drug-likeness (QED) is 0.785. The van der Waals surface area contributed by atoms with E-state index in [1.165, 1.54) is 0 Å². The highest BCUT2D eigenvalue weighted by molar-refractivity contribution is 5.65. The van der Waals surface area contributed by atoms with Gasteiger partial charge in [0, 0.05) is 26.2 Å². The molecule has 8 heteroatoms. The number of rotatable bonds is 7. The first kappa shape index (κ1) is 17.4. The van der Waals surface area contributed by atoms with Gasteiger partial charge in [0.1, 0.15) is 5.75 Å². The molecule has 1 aliphatic rings. The molecule has 1 aliphatic heterocycles. The van der Waals surface area contributed by atoms with E-state index in [1.54, 1.807) is 13.3 Å². The number of nitrogens with zero attached hydrogens (tertiary/aromatic N) is 4. The molecule has 0 radical (unpaired) electrons. The summed E-state index contributed by atoms with van der Waals surface area (Å²) in [4.78, 5) is 6.81. The number of hydrogen-bond donors (Lipinski definition) is 2. The fraction of sp³-hybridized carbons (Fsp3) is 0.471. The van der Waals surface area contributed by atoms with E-state index < -0.39 is 0 Å². The Labute approximate surface area is 147 Å². The fourth-order valence-corrected chi connectivity index (χ4v) is 2.65. The summed E-state index contributed by atoms with van der Waals surface area (Å²) in [5.41, 5.74) is 1.98. The molecular weight excluding hydrogens is 320 g/mol. The van der Waals surface area contributed by atoms with E-state index in [9.17, 15) is 0 Å². The van der Waals surface area contributed by atoms with Crippen molar-refractivity contribution in [3.05, 3.63) is 30.0 Å². The monoisotopic (exact) mass is 344 g/mol. The summed E-state index contributed by atoms with van der Waals surface area (Å²) < 4.78 is 10.7. The summed E-state index contributed by atoms with van der Waals surface area (Å²) in [5.74, 6) is 1.88. The number of benzene rings is 1. The smallest absolute Gasteiger partial charge is 0.244 e. The number of anilines is 3. The molecule has 0 bridgehead atoms. The Bertz CT molecular complexity index is 691. The van der Waals surface area contributed by atoms with Crippen LogP contribution in [0.5, 0.6) is 5.75 Å². The van der Waals surface area contributed by atoms with Gasteiger partial charge in [0.25, 0.3) is 0 Å². The van der Waals surface area contributed by atoms with Crippen LogP contribution in [0.1, 0.15) is 5.56 Å². The zero-order valence-corrected chi connectivity index (χ0v) is 14.7. The molecule has 1 aromatic carbocycles. The lowest BCUT2D eigenvalue weighted by atomic mass is 10.2. The van der Waals surface area contributed by atoms with E-state index in [0.717, 1.165) is 56.4 Å². The number of nitrogens with one attached hydrogen (secondary N) is 2. The van der Waals surface area contributed by atoms with Crippen molar-refractivity contribution in [2.45, 2.75) is 6.92 Å². The van der Waals surface area contributed by atoms with Gasteiger partial charge in [-0.3, -0.25) is 4.90 Å². The molecular formula is C17H24N6O2. The number of aromatic nitrogens is 3. The van der Waals surface area contributed by atoms with Crippen LogP contribution in [-0.4, -0.2) is 66.6 Å². The molecule has 0 amide bonds. The highest BCUT2D eigenvalue weighted by Gasteiger charge is 2.10. The molecule has 2 N–H and O–H groups in total. The Morgan fingerprint density at radius 2 is 2.12 bits per heavy atom. The lowest BCUT2D eigenvalue weighted by molar-refractivity contribution is 0.0398. The molecule has 1 fully saturated rings. The van der Waals surface area contributed by atoms with Gasteiger partial charge in [-0.25, -0.2) is 0 Å².